The summed E-state index contributed by atoms with van der Waals surface area (Å²) in [6.45, 7) is 0. The van der Waals surface area contributed by atoms with E-state index in [1.54, 1.807) is 0 Å². The molecule has 14 heavy (non-hydrogen) atoms. The summed E-state index contributed by atoms with van der Waals surface area (Å²) in [7, 11) is 0. The Morgan fingerprint density at radius 1 is 1.07 bits per heavy atom. The molecule has 78 valence electrons. The van der Waals surface area contributed by atoms with Gasteiger partial charge in [-0.25, -0.2) is 0 Å². The van der Waals surface area contributed by atoms with Crippen molar-refractivity contribution in [1.29, 1.82) is 0 Å². The Balaban J connectivity index is 1.82. The summed E-state index contributed by atoms with van der Waals surface area (Å²) in [5.74, 6) is 2.08. The molecule has 3 aliphatic rings. The third-order valence-corrected chi connectivity index (χ3v) is 5.09. The van der Waals surface area contributed by atoms with E-state index in [9.17, 15) is 4.79 Å². The summed E-state index contributed by atoms with van der Waals surface area (Å²) < 4.78 is 0. The molecule has 0 saturated heterocycles. The maximum Gasteiger partial charge on any atom is 0.136 e. The minimum absolute atomic E-state index is 0.476. The maximum atomic E-state index is 12.0. The Morgan fingerprint density at radius 2 is 1.86 bits per heavy atom. The SMILES string of the molecule is O=C1CCCCC1C12CCC(CC1)C2. The smallest absolute Gasteiger partial charge is 0.136 e. The minimum atomic E-state index is 0.476. The molecule has 0 aromatic carbocycles. The molecule has 0 radical (unpaired) electrons. The van der Waals surface area contributed by atoms with Crippen LogP contribution in [0.4, 0.5) is 0 Å². The van der Waals surface area contributed by atoms with Gasteiger partial charge in [-0.2, -0.15) is 0 Å². The average Bonchev–Trinajstić information content (AvgIpc) is 2.79. The summed E-state index contributed by atoms with van der Waals surface area (Å²) in [6, 6.07) is 0. The van der Waals surface area contributed by atoms with E-state index >= 15 is 0 Å². The topological polar surface area (TPSA) is 17.1 Å². The average molecular weight is 192 g/mol. The molecule has 2 bridgehead atoms. The summed E-state index contributed by atoms with van der Waals surface area (Å²) in [5, 5.41) is 0. The number of Topliss-reactive ketones (excluding diaryl/α,β-unsaturated/α-hetero) is 1. The molecule has 0 aromatic rings. The Kier molecular flexibility index (Phi) is 1.97. The van der Waals surface area contributed by atoms with Gasteiger partial charge in [0.1, 0.15) is 5.78 Å². The largest absolute Gasteiger partial charge is 0.299 e. The van der Waals surface area contributed by atoms with Crippen LogP contribution < -0.4 is 0 Å². The van der Waals surface area contributed by atoms with Gasteiger partial charge in [0.2, 0.25) is 0 Å². The molecule has 3 fully saturated rings. The van der Waals surface area contributed by atoms with Gasteiger partial charge in [-0.15, -0.1) is 0 Å². The van der Waals surface area contributed by atoms with E-state index in [0.717, 1.165) is 18.8 Å². The second-order valence-electron chi connectivity index (χ2n) is 5.77. The van der Waals surface area contributed by atoms with Crippen LogP contribution in [0, 0.1) is 17.3 Å². The van der Waals surface area contributed by atoms with Gasteiger partial charge in [0.25, 0.3) is 0 Å². The van der Waals surface area contributed by atoms with Gasteiger partial charge in [0.15, 0.2) is 0 Å². The van der Waals surface area contributed by atoms with Crippen molar-refractivity contribution in [2.45, 2.75) is 57.8 Å². The summed E-state index contributed by atoms with van der Waals surface area (Å²) in [6.07, 6.45) is 11.5. The first kappa shape index (κ1) is 8.94. The van der Waals surface area contributed by atoms with Crippen LogP contribution in [0.3, 0.4) is 0 Å². The molecule has 1 atom stereocenters. The van der Waals surface area contributed by atoms with Gasteiger partial charge in [0.05, 0.1) is 0 Å². The third kappa shape index (κ3) is 1.17. The van der Waals surface area contributed by atoms with Gasteiger partial charge >= 0.3 is 0 Å². The van der Waals surface area contributed by atoms with E-state index in [1.807, 2.05) is 0 Å². The molecule has 1 nitrogen and oxygen atoms in total. The predicted molar refractivity (Wildman–Crippen MR) is 56.0 cm³/mol. The van der Waals surface area contributed by atoms with Crippen LogP contribution in [0.2, 0.25) is 0 Å². The lowest BCUT2D eigenvalue weighted by molar-refractivity contribution is -0.129. The number of ketones is 1. The molecule has 0 amide bonds. The Bertz CT molecular complexity index is 248. The van der Waals surface area contributed by atoms with Gasteiger partial charge in [-0.05, 0) is 56.3 Å². The molecule has 3 aliphatic carbocycles. The second kappa shape index (κ2) is 3.08. The lowest BCUT2D eigenvalue weighted by atomic mass is 9.66. The number of fused-ring (bicyclic) bond motifs is 2. The Morgan fingerprint density at radius 3 is 2.43 bits per heavy atom. The first-order valence-corrected chi connectivity index (χ1v) is 6.33. The second-order valence-corrected chi connectivity index (χ2v) is 5.77. The van der Waals surface area contributed by atoms with Gasteiger partial charge in [-0.1, -0.05) is 6.42 Å². The highest BCUT2D eigenvalue weighted by atomic mass is 16.1. The van der Waals surface area contributed by atoms with Crippen molar-refractivity contribution in [3.63, 3.8) is 0 Å². The molecule has 1 unspecified atom stereocenters. The normalized spacial score (nSPS) is 47.3. The zero-order valence-corrected chi connectivity index (χ0v) is 8.93. The zero-order valence-electron chi connectivity index (χ0n) is 8.93. The van der Waals surface area contributed by atoms with Crippen LogP contribution in [0.15, 0.2) is 0 Å². The number of hydrogen-bond donors (Lipinski definition) is 0. The highest BCUT2D eigenvalue weighted by molar-refractivity contribution is 5.82. The highest BCUT2D eigenvalue weighted by Crippen LogP contribution is 2.59. The Labute approximate surface area is 86.3 Å². The Hall–Kier alpha value is -0.330. The number of carbonyl (C=O) groups excluding carboxylic acids is 1. The lowest BCUT2D eigenvalue weighted by Crippen LogP contribution is -2.34. The van der Waals surface area contributed by atoms with Gasteiger partial charge < -0.3 is 0 Å². The zero-order chi connectivity index (χ0) is 9.60. The molecule has 1 heteroatoms. The van der Waals surface area contributed by atoms with Crippen LogP contribution in [-0.4, -0.2) is 5.78 Å². The van der Waals surface area contributed by atoms with E-state index in [4.69, 9.17) is 0 Å². The fourth-order valence-corrected chi connectivity index (χ4v) is 4.36. The van der Waals surface area contributed by atoms with Crippen molar-refractivity contribution in [3.05, 3.63) is 0 Å². The summed E-state index contributed by atoms with van der Waals surface area (Å²) >= 11 is 0. The molecule has 3 saturated carbocycles. The van der Waals surface area contributed by atoms with Crippen molar-refractivity contribution in [2.75, 3.05) is 0 Å². The molecule has 0 spiro atoms. The summed E-state index contributed by atoms with van der Waals surface area (Å²) in [4.78, 5) is 12.0. The lowest BCUT2D eigenvalue weighted by Gasteiger charge is -2.37. The van der Waals surface area contributed by atoms with Crippen molar-refractivity contribution < 1.29 is 4.79 Å². The van der Waals surface area contributed by atoms with Crippen LogP contribution in [0.5, 0.6) is 0 Å². The fraction of sp³-hybridized carbons (Fsp3) is 0.923. The standard InChI is InChI=1S/C13H20O/c14-12-4-2-1-3-11(12)13-7-5-10(9-13)6-8-13/h10-11H,1-9H2. The molecular formula is C13H20O. The summed E-state index contributed by atoms with van der Waals surface area (Å²) in [5.41, 5.74) is 0.502. The van der Waals surface area contributed by atoms with E-state index in [-0.39, 0.29) is 0 Å². The van der Waals surface area contributed by atoms with Crippen molar-refractivity contribution >= 4 is 5.78 Å². The highest BCUT2D eigenvalue weighted by Gasteiger charge is 2.51. The van der Waals surface area contributed by atoms with Gasteiger partial charge in [0, 0.05) is 12.3 Å². The molecule has 0 aromatic heterocycles. The third-order valence-electron chi connectivity index (χ3n) is 5.09. The first-order chi connectivity index (χ1) is 6.80. The minimum Gasteiger partial charge on any atom is -0.299 e. The quantitative estimate of drug-likeness (QED) is 0.623. The van der Waals surface area contributed by atoms with Crippen LogP contribution in [0.1, 0.15) is 57.8 Å². The van der Waals surface area contributed by atoms with Crippen LogP contribution in [-0.2, 0) is 4.79 Å². The van der Waals surface area contributed by atoms with E-state index < -0.39 is 0 Å². The van der Waals surface area contributed by atoms with Gasteiger partial charge in [-0.3, -0.25) is 4.79 Å². The van der Waals surface area contributed by atoms with Crippen molar-refractivity contribution in [2.24, 2.45) is 17.3 Å². The molecule has 0 heterocycles. The molecular weight excluding hydrogens is 172 g/mol. The van der Waals surface area contributed by atoms with Crippen LogP contribution in [0.25, 0.3) is 0 Å². The van der Waals surface area contributed by atoms with E-state index in [0.29, 0.717) is 17.1 Å². The van der Waals surface area contributed by atoms with Crippen molar-refractivity contribution in [3.8, 4) is 0 Å². The van der Waals surface area contributed by atoms with Crippen LogP contribution >= 0.6 is 0 Å². The number of carbonyl (C=O) groups is 1. The maximum absolute atomic E-state index is 12.0. The number of hydrogen-bond acceptors (Lipinski definition) is 1. The van der Waals surface area contributed by atoms with E-state index in [1.165, 1.54) is 44.9 Å². The molecule has 0 N–H and O–H groups in total. The fourth-order valence-electron chi connectivity index (χ4n) is 4.36. The molecule has 0 aliphatic heterocycles. The van der Waals surface area contributed by atoms with Crippen molar-refractivity contribution in [1.82, 2.24) is 0 Å². The number of rotatable bonds is 1. The monoisotopic (exact) mass is 192 g/mol. The molecule has 3 rings (SSSR count). The first-order valence-electron chi connectivity index (χ1n) is 6.33. The van der Waals surface area contributed by atoms with E-state index in [2.05, 4.69) is 0 Å². The predicted octanol–water partition coefficient (Wildman–Crippen LogP) is 3.33.